The van der Waals surface area contributed by atoms with E-state index in [1.54, 1.807) is 12.1 Å². The minimum Gasteiger partial charge on any atom is -0.478 e. The molecule has 0 aliphatic heterocycles. The molecule has 48 heavy (non-hydrogen) atoms. The number of fused-ring (bicyclic) bond motifs is 2. The molecule has 0 radical (unpaired) electrons. The molecule has 4 aliphatic rings. The summed E-state index contributed by atoms with van der Waals surface area (Å²) in [7, 11) is 0. The van der Waals surface area contributed by atoms with Crippen molar-refractivity contribution in [2.24, 2.45) is 23.2 Å². The molecule has 10 nitrogen and oxygen atoms in total. The van der Waals surface area contributed by atoms with Crippen LogP contribution in [0.4, 0.5) is 16.1 Å². The summed E-state index contributed by atoms with van der Waals surface area (Å²) in [4.78, 5) is 39.6. The van der Waals surface area contributed by atoms with E-state index in [0.29, 0.717) is 42.8 Å². The highest BCUT2D eigenvalue weighted by atomic mass is 32.1. The van der Waals surface area contributed by atoms with Gasteiger partial charge in [0, 0.05) is 28.8 Å². The number of pyridine rings is 1. The van der Waals surface area contributed by atoms with Gasteiger partial charge in [-0.25, -0.2) is 19.7 Å². The van der Waals surface area contributed by atoms with Gasteiger partial charge in [0.15, 0.2) is 10.3 Å². The van der Waals surface area contributed by atoms with Crippen LogP contribution in [0.5, 0.6) is 0 Å². The predicted molar refractivity (Wildman–Crippen MR) is 188 cm³/mol. The zero-order chi connectivity index (χ0) is 32.6. The van der Waals surface area contributed by atoms with Crippen LogP contribution in [0.3, 0.4) is 0 Å². The van der Waals surface area contributed by atoms with Crippen LogP contribution in [0.1, 0.15) is 64.2 Å². The summed E-state index contributed by atoms with van der Waals surface area (Å²) in [5.74, 6) is 1.80. The van der Waals surface area contributed by atoms with E-state index in [4.69, 9.17) is 10.1 Å². The van der Waals surface area contributed by atoms with Gasteiger partial charge >= 0.3 is 5.97 Å². The fourth-order valence-electron chi connectivity index (χ4n) is 9.03. The minimum absolute atomic E-state index is 0.215. The zero-order valence-electron chi connectivity index (χ0n) is 26.3. The van der Waals surface area contributed by atoms with Gasteiger partial charge in [0.25, 0.3) is 5.91 Å². The lowest BCUT2D eigenvalue weighted by Gasteiger charge is -2.56. The first-order chi connectivity index (χ1) is 23.3. The minimum atomic E-state index is -1.00. The van der Waals surface area contributed by atoms with Gasteiger partial charge in [-0.15, -0.1) is 0 Å². The Morgan fingerprint density at radius 3 is 2.42 bits per heavy atom. The number of anilines is 3. The number of para-hydroxylation sites is 1. The topological polar surface area (TPSA) is 135 Å². The van der Waals surface area contributed by atoms with Gasteiger partial charge in [-0.3, -0.25) is 14.8 Å². The molecular weight excluding hydrogens is 643 g/mol. The van der Waals surface area contributed by atoms with Gasteiger partial charge in [-0.1, -0.05) is 40.9 Å². The van der Waals surface area contributed by atoms with Gasteiger partial charge in [0.05, 0.1) is 33.7 Å². The van der Waals surface area contributed by atoms with Gasteiger partial charge < -0.3 is 10.4 Å². The first-order valence-corrected chi connectivity index (χ1v) is 18.0. The highest BCUT2D eigenvalue weighted by Crippen LogP contribution is 2.60. The van der Waals surface area contributed by atoms with Crippen molar-refractivity contribution < 1.29 is 14.7 Å². The molecular formula is C36H33N7O3S2. The van der Waals surface area contributed by atoms with Gasteiger partial charge in [-0.05, 0) is 98.9 Å². The fraction of sp³-hybridized carbons (Fsp3) is 0.333. The number of carboxylic acids is 1. The third-order valence-corrected chi connectivity index (χ3v) is 12.5. The lowest BCUT2D eigenvalue weighted by molar-refractivity contribution is -0.0638. The van der Waals surface area contributed by atoms with Gasteiger partial charge in [0.1, 0.15) is 10.7 Å². The Balaban J connectivity index is 0.947. The van der Waals surface area contributed by atoms with E-state index in [1.165, 1.54) is 67.4 Å². The molecule has 3 N–H and O–H groups in total. The first kappa shape index (κ1) is 29.5. The summed E-state index contributed by atoms with van der Waals surface area (Å²) in [6, 6.07) is 14.9. The van der Waals surface area contributed by atoms with E-state index in [0.717, 1.165) is 45.8 Å². The molecule has 12 heteroatoms. The Hall–Kier alpha value is -4.68. The third-order valence-electron chi connectivity index (χ3n) is 10.6. The number of benzene rings is 2. The number of carboxylic acid groups (broad SMARTS) is 1. The lowest BCUT2D eigenvalue weighted by atomic mass is 9.49. The second kappa shape index (κ2) is 11.2. The number of nitrogens with zero attached hydrogens (tertiary/aromatic N) is 5. The number of aromatic nitrogens is 5. The number of carbonyl (C=O) groups excluding carboxylic acids is 1. The molecule has 0 spiro atoms. The molecule has 4 fully saturated rings. The second-order valence-electron chi connectivity index (χ2n) is 13.9. The van der Waals surface area contributed by atoms with E-state index in [1.807, 2.05) is 42.6 Å². The van der Waals surface area contributed by atoms with Crippen molar-refractivity contribution in [2.45, 2.75) is 52.0 Å². The molecule has 242 valence electrons. The predicted octanol–water partition coefficient (Wildman–Crippen LogP) is 8.38. The molecule has 6 aromatic rings. The van der Waals surface area contributed by atoms with Crippen LogP contribution in [0, 0.1) is 30.1 Å². The van der Waals surface area contributed by atoms with Gasteiger partial charge in [-0.2, -0.15) is 5.10 Å². The molecule has 0 atom stereocenters. The smallest absolute Gasteiger partial charge is 0.337 e. The maximum Gasteiger partial charge on any atom is 0.337 e. The van der Waals surface area contributed by atoms with E-state index in [-0.39, 0.29) is 11.5 Å². The molecule has 2 aromatic carbocycles. The Labute approximate surface area is 284 Å². The van der Waals surface area contributed by atoms with E-state index < -0.39 is 5.97 Å². The molecule has 0 saturated heterocycles. The lowest BCUT2D eigenvalue weighted by Crippen LogP contribution is -2.48. The van der Waals surface area contributed by atoms with Crippen LogP contribution in [0.15, 0.2) is 60.9 Å². The average Bonchev–Trinajstić information content (AvgIpc) is 3.78. The van der Waals surface area contributed by atoms with Crippen molar-refractivity contribution in [2.75, 3.05) is 10.6 Å². The zero-order valence-corrected chi connectivity index (χ0v) is 27.9. The number of carbonyl (C=O) groups is 2. The van der Waals surface area contributed by atoms with Crippen LogP contribution in [-0.2, 0) is 6.54 Å². The van der Waals surface area contributed by atoms with Crippen molar-refractivity contribution in [3.05, 3.63) is 77.1 Å². The van der Waals surface area contributed by atoms with Crippen molar-refractivity contribution in [3.63, 3.8) is 0 Å². The largest absolute Gasteiger partial charge is 0.478 e. The van der Waals surface area contributed by atoms with Crippen molar-refractivity contribution in [1.29, 1.82) is 0 Å². The summed E-state index contributed by atoms with van der Waals surface area (Å²) in [5, 5.41) is 22.8. The Morgan fingerprint density at radius 1 is 0.896 bits per heavy atom. The summed E-state index contributed by atoms with van der Waals surface area (Å²) in [6.07, 6.45) is 11.4. The molecule has 1 amide bonds. The van der Waals surface area contributed by atoms with Crippen LogP contribution in [0.25, 0.3) is 32.2 Å². The van der Waals surface area contributed by atoms with Crippen molar-refractivity contribution in [1.82, 2.24) is 24.7 Å². The van der Waals surface area contributed by atoms with Crippen LogP contribution >= 0.6 is 22.7 Å². The Morgan fingerprint density at radius 2 is 1.67 bits per heavy atom. The molecule has 4 heterocycles. The SMILES string of the molecule is Cc1c(-c2ccc3nc(Nc4ncc(C(=O)Nc5nc6ccccc6s5)s4)ccc3c2C(=O)O)cnn1CC12CC3CC(CC(C3)C1)C2. The van der Waals surface area contributed by atoms with Crippen molar-refractivity contribution in [3.8, 4) is 11.1 Å². The first-order valence-electron chi connectivity index (χ1n) is 16.4. The number of thiazole rings is 2. The van der Waals surface area contributed by atoms with Crippen LogP contribution < -0.4 is 10.6 Å². The van der Waals surface area contributed by atoms with E-state index >= 15 is 0 Å². The van der Waals surface area contributed by atoms with E-state index in [9.17, 15) is 14.7 Å². The number of nitrogens with one attached hydrogen (secondary N) is 2. The van der Waals surface area contributed by atoms with Crippen LogP contribution in [-0.4, -0.2) is 41.7 Å². The molecule has 10 rings (SSSR count). The van der Waals surface area contributed by atoms with Crippen LogP contribution in [0.2, 0.25) is 0 Å². The highest BCUT2D eigenvalue weighted by molar-refractivity contribution is 7.22. The summed E-state index contributed by atoms with van der Waals surface area (Å²) in [6.45, 7) is 2.97. The quantitative estimate of drug-likeness (QED) is 0.146. The third kappa shape index (κ3) is 5.14. The number of hydrogen-bond acceptors (Lipinski definition) is 9. The molecule has 4 bridgehead atoms. The number of hydrogen-bond donors (Lipinski definition) is 3. The summed E-state index contributed by atoms with van der Waals surface area (Å²) in [5.41, 5.74) is 4.43. The fourth-order valence-corrected chi connectivity index (χ4v) is 10.6. The number of rotatable bonds is 8. The molecule has 0 unspecified atom stereocenters. The maximum absolute atomic E-state index is 12.9. The second-order valence-corrected chi connectivity index (χ2v) is 15.9. The number of amides is 1. The standard InChI is InChI=1S/C36H33N7O3S2/c1-19-25(16-38-43(19)18-36-13-20-10-21(14-36)12-22(11-20)15-36)23-6-8-26-24(31(23)33(45)46)7-9-30(39-26)41-34-37-17-29(48-34)32(44)42-35-40-27-4-2-3-5-28(27)47-35/h2-9,16-17,20-22H,10-15,18H2,1H3,(H,45,46)(H,37,39,41)(H,40,42,44). The summed E-state index contributed by atoms with van der Waals surface area (Å²) >= 11 is 2.61. The average molecular weight is 676 g/mol. The Kier molecular flexibility index (Phi) is 6.87. The maximum atomic E-state index is 12.9. The van der Waals surface area contributed by atoms with Gasteiger partial charge in [0.2, 0.25) is 0 Å². The molecule has 4 aromatic heterocycles. The molecule has 4 aliphatic carbocycles. The summed E-state index contributed by atoms with van der Waals surface area (Å²) < 4.78 is 3.13. The normalized spacial score (nSPS) is 22.8. The van der Waals surface area contributed by atoms with Crippen molar-refractivity contribution >= 4 is 71.8 Å². The monoisotopic (exact) mass is 675 g/mol. The number of aromatic carboxylic acids is 1. The Bertz CT molecular complexity index is 2180. The molecule has 4 saturated carbocycles. The highest BCUT2D eigenvalue weighted by Gasteiger charge is 2.51. The van der Waals surface area contributed by atoms with E-state index in [2.05, 4.69) is 32.2 Å².